The van der Waals surface area contributed by atoms with Crippen molar-refractivity contribution in [2.24, 2.45) is 5.92 Å². The number of nitrogens with zero attached hydrogens (tertiary/aromatic N) is 4. The second kappa shape index (κ2) is 5.34. The lowest BCUT2D eigenvalue weighted by Gasteiger charge is -2.17. The molecule has 3 aromatic rings. The van der Waals surface area contributed by atoms with E-state index in [4.69, 9.17) is 5.10 Å². The second-order valence-corrected chi connectivity index (χ2v) is 7.06. The minimum absolute atomic E-state index is 0.253. The van der Waals surface area contributed by atoms with Crippen LogP contribution in [0.5, 0.6) is 0 Å². The van der Waals surface area contributed by atoms with Crippen LogP contribution in [0.3, 0.4) is 0 Å². The third kappa shape index (κ3) is 2.38. The molecule has 0 spiro atoms. The van der Waals surface area contributed by atoms with Gasteiger partial charge in [-0.3, -0.25) is 4.79 Å². The molecule has 0 bridgehead atoms. The Balaban J connectivity index is 1.60. The van der Waals surface area contributed by atoms with Gasteiger partial charge in [0.1, 0.15) is 5.82 Å². The SMILES string of the molecule is Cc1cccc(-n2nc3c(c2-n2cccc2)CN(C(=O)C2CC2)C3)c1. The zero-order valence-electron chi connectivity index (χ0n) is 14.2. The molecule has 0 N–H and O–H groups in total. The van der Waals surface area contributed by atoms with Crippen molar-refractivity contribution in [1.82, 2.24) is 19.2 Å². The van der Waals surface area contributed by atoms with E-state index in [0.29, 0.717) is 19.0 Å². The molecule has 126 valence electrons. The number of rotatable bonds is 3. The van der Waals surface area contributed by atoms with E-state index in [9.17, 15) is 4.79 Å². The first-order valence-electron chi connectivity index (χ1n) is 8.80. The summed E-state index contributed by atoms with van der Waals surface area (Å²) in [6.45, 7) is 3.37. The van der Waals surface area contributed by atoms with Crippen molar-refractivity contribution in [3.8, 4) is 11.5 Å². The average Bonchev–Trinajstić information content (AvgIpc) is 3.02. The predicted molar refractivity (Wildman–Crippen MR) is 94.6 cm³/mol. The molecule has 0 radical (unpaired) electrons. The molecule has 5 rings (SSSR count). The van der Waals surface area contributed by atoms with Crippen LogP contribution in [0.2, 0.25) is 0 Å². The Bertz CT molecular complexity index is 950. The highest BCUT2D eigenvalue weighted by Crippen LogP contribution is 2.36. The molecular formula is C20H20N4O. The van der Waals surface area contributed by atoms with Gasteiger partial charge in [-0.1, -0.05) is 12.1 Å². The van der Waals surface area contributed by atoms with Gasteiger partial charge in [0.05, 0.1) is 24.5 Å². The third-order valence-electron chi connectivity index (χ3n) is 5.06. The molecule has 2 aromatic heterocycles. The maximum atomic E-state index is 12.5. The van der Waals surface area contributed by atoms with Gasteiger partial charge in [-0.15, -0.1) is 0 Å². The Morgan fingerprint density at radius 3 is 2.64 bits per heavy atom. The van der Waals surface area contributed by atoms with E-state index in [1.54, 1.807) is 0 Å². The molecular weight excluding hydrogens is 312 g/mol. The predicted octanol–water partition coefficient (Wildman–Crippen LogP) is 3.22. The minimum atomic E-state index is 0.253. The number of hydrogen-bond donors (Lipinski definition) is 0. The Morgan fingerprint density at radius 1 is 1.12 bits per heavy atom. The summed E-state index contributed by atoms with van der Waals surface area (Å²) in [5, 5.41) is 4.87. The van der Waals surface area contributed by atoms with Crippen molar-refractivity contribution in [2.75, 3.05) is 0 Å². The van der Waals surface area contributed by atoms with E-state index in [-0.39, 0.29) is 5.92 Å². The maximum Gasteiger partial charge on any atom is 0.226 e. The summed E-state index contributed by atoms with van der Waals surface area (Å²) in [5.41, 5.74) is 4.43. The number of fused-ring (bicyclic) bond motifs is 1. The van der Waals surface area contributed by atoms with Crippen molar-refractivity contribution in [2.45, 2.75) is 32.9 Å². The topological polar surface area (TPSA) is 43.1 Å². The van der Waals surface area contributed by atoms with Crippen molar-refractivity contribution < 1.29 is 4.79 Å². The molecule has 25 heavy (non-hydrogen) atoms. The normalized spacial score (nSPS) is 16.3. The first kappa shape index (κ1) is 14.5. The summed E-state index contributed by atoms with van der Waals surface area (Å²) in [6, 6.07) is 12.4. The summed E-state index contributed by atoms with van der Waals surface area (Å²) in [5.74, 6) is 1.58. The standard InChI is InChI=1S/C20H20N4O/c1-14-5-4-6-16(11-14)24-19(22-9-2-3-10-22)17-12-23(13-18(17)21-24)20(25)15-7-8-15/h2-6,9-11,15H,7-8,12-13H2,1H3. The molecule has 1 aliphatic carbocycles. The van der Waals surface area contributed by atoms with Gasteiger partial charge < -0.3 is 9.47 Å². The van der Waals surface area contributed by atoms with E-state index in [1.165, 1.54) is 5.56 Å². The summed E-state index contributed by atoms with van der Waals surface area (Å²) >= 11 is 0. The molecule has 3 heterocycles. The highest BCUT2D eigenvalue weighted by Gasteiger charge is 2.38. The lowest BCUT2D eigenvalue weighted by Crippen LogP contribution is -2.27. The quantitative estimate of drug-likeness (QED) is 0.739. The van der Waals surface area contributed by atoms with Crippen molar-refractivity contribution >= 4 is 5.91 Å². The Hall–Kier alpha value is -2.82. The summed E-state index contributed by atoms with van der Waals surface area (Å²) in [6.07, 6.45) is 6.16. The molecule has 2 aliphatic rings. The van der Waals surface area contributed by atoms with Crippen LogP contribution < -0.4 is 0 Å². The highest BCUT2D eigenvalue weighted by molar-refractivity contribution is 5.81. The van der Waals surface area contributed by atoms with Crippen LogP contribution >= 0.6 is 0 Å². The van der Waals surface area contributed by atoms with E-state index >= 15 is 0 Å². The molecule has 1 amide bonds. The fourth-order valence-corrected chi connectivity index (χ4v) is 3.63. The lowest BCUT2D eigenvalue weighted by atomic mass is 10.2. The van der Waals surface area contributed by atoms with Crippen molar-refractivity contribution in [3.05, 3.63) is 65.6 Å². The monoisotopic (exact) mass is 332 g/mol. The van der Waals surface area contributed by atoms with Gasteiger partial charge in [-0.2, -0.15) is 5.10 Å². The van der Waals surface area contributed by atoms with Gasteiger partial charge in [0.25, 0.3) is 0 Å². The number of aromatic nitrogens is 3. The molecule has 1 saturated carbocycles. The summed E-state index contributed by atoms with van der Waals surface area (Å²) in [7, 11) is 0. The Kier molecular flexibility index (Phi) is 3.10. The van der Waals surface area contributed by atoms with Gasteiger partial charge in [0.2, 0.25) is 5.91 Å². The van der Waals surface area contributed by atoms with Crippen molar-refractivity contribution in [1.29, 1.82) is 0 Å². The molecule has 0 unspecified atom stereocenters. The lowest BCUT2D eigenvalue weighted by molar-refractivity contribution is -0.133. The van der Waals surface area contributed by atoms with Crippen LogP contribution in [-0.4, -0.2) is 25.2 Å². The maximum absolute atomic E-state index is 12.5. The molecule has 1 aromatic carbocycles. The van der Waals surface area contributed by atoms with Crippen LogP contribution in [0.4, 0.5) is 0 Å². The van der Waals surface area contributed by atoms with E-state index < -0.39 is 0 Å². The smallest absolute Gasteiger partial charge is 0.226 e. The van der Waals surface area contributed by atoms with Gasteiger partial charge >= 0.3 is 0 Å². The number of amides is 1. The third-order valence-corrected chi connectivity index (χ3v) is 5.06. The van der Waals surface area contributed by atoms with Gasteiger partial charge in [0, 0.05) is 23.9 Å². The summed E-state index contributed by atoms with van der Waals surface area (Å²) in [4.78, 5) is 14.4. The number of carbonyl (C=O) groups is 1. The number of carbonyl (C=O) groups excluding carboxylic acids is 1. The largest absolute Gasteiger partial charge is 0.332 e. The summed E-state index contributed by atoms with van der Waals surface area (Å²) < 4.78 is 4.11. The Morgan fingerprint density at radius 2 is 1.92 bits per heavy atom. The van der Waals surface area contributed by atoms with Crippen LogP contribution in [-0.2, 0) is 17.9 Å². The first-order chi connectivity index (χ1) is 12.2. The van der Waals surface area contributed by atoms with Gasteiger partial charge in [0.15, 0.2) is 0 Å². The molecule has 1 fully saturated rings. The van der Waals surface area contributed by atoms with E-state index in [2.05, 4.69) is 35.8 Å². The molecule has 5 nitrogen and oxygen atoms in total. The number of hydrogen-bond acceptors (Lipinski definition) is 2. The van der Waals surface area contributed by atoms with Crippen LogP contribution in [0, 0.1) is 12.8 Å². The van der Waals surface area contributed by atoms with E-state index in [0.717, 1.165) is 35.6 Å². The number of aryl methyl sites for hydroxylation is 1. The fraction of sp³-hybridized carbons (Fsp3) is 0.300. The zero-order chi connectivity index (χ0) is 17.0. The average molecular weight is 332 g/mol. The molecule has 1 aliphatic heterocycles. The fourth-order valence-electron chi connectivity index (χ4n) is 3.63. The second-order valence-electron chi connectivity index (χ2n) is 7.06. The number of benzene rings is 1. The Labute approximate surface area is 146 Å². The zero-order valence-corrected chi connectivity index (χ0v) is 14.2. The molecule has 5 heteroatoms. The minimum Gasteiger partial charge on any atom is -0.332 e. The highest BCUT2D eigenvalue weighted by atomic mass is 16.2. The van der Waals surface area contributed by atoms with Gasteiger partial charge in [-0.25, -0.2) is 4.68 Å². The van der Waals surface area contributed by atoms with Crippen molar-refractivity contribution in [3.63, 3.8) is 0 Å². The van der Waals surface area contributed by atoms with Crippen LogP contribution in [0.15, 0.2) is 48.8 Å². The molecule has 0 saturated heterocycles. The van der Waals surface area contributed by atoms with Crippen LogP contribution in [0.25, 0.3) is 11.5 Å². The van der Waals surface area contributed by atoms with Crippen LogP contribution in [0.1, 0.15) is 29.7 Å². The van der Waals surface area contributed by atoms with E-state index in [1.807, 2.05) is 34.1 Å². The molecule has 0 atom stereocenters. The van der Waals surface area contributed by atoms with Gasteiger partial charge in [-0.05, 0) is 49.6 Å². The first-order valence-corrected chi connectivity index (χ1v) is 8.80.